The summed E-state index contributed by atoms with van der Waals surface area (Å²) >= 11 is 0.806. The number of benzene rings is 1. The Morgan fingerprint density at radius 1 is 1.28 bits per heavy atom. The Kier molecular flexibility index (Phi) is 6.41. The van der Waals surface area contributed by atoms with Gasteiger partial charge >= 0.3 is 5.97 Å². The summed E-state index contributed by atoms with van der Waals surface area (Å²) in [5, 5.41) is -0.477. The minimum Gasteiger partial charge on any atom is -0.497 e. The fraction of sp³-hybridized carbons (Fsp3) is 0.278. The molecule has 0 spiro atoms. The minimum absolute atomic E-state index is 0.194. The lowest BCUT2D eigenvalue weighted by Gasteiger charge is -2.19. The summed E-state index contributed by atoms with van der Waals surface area (Å²) in [6.45, 7) is 3.34. The van der Waals surface area contributed by atoms with Crippen molar-refractivity contribution in [3.05, 3.63) is 46.9 Å². The second kappa shape index (κ2) is 8.53. The van der Waals surface area contributed by atoms with Gasteiger partial charge in [-0.15, -0.1) is 0 Å². The van der Waals surface area contributed by atoms with Crippen molar-refractivity contribution in [2.45, 2.75) is 19.9 Å². The number of carbonyl (C=O) groups excluding carboxylic acids is 3. The quantitative estimate of drug-likeness (QED) is 0.572. The van der Waals surface area contributed by atoms with Crippen molar-refractivity contribution in [2.24, 2.45) is 0 Å². The molecule has 6 nitrogen and oxygen atoms in total. The van der Waals surface area contributed by atoms with Crippen LogP contribution in [0.5, 0.6) is 5.75 Å². The number of thioether (sulfide) groups is 1. The SMILES string of the molecule is CCOC(=O)[C@@H](C)N1C(=O)SC(=CC=Cc2ccc(OC)cc2)C1=O. The van der Waals surface area contributed by atoms with Crippen molar-refractivity contribution in [2.75, 3.05) is 13.7 Å². The average molecular weight is 361 g/mol. The Labute approximate surface area is 150 Å². The van der Waals surface area contributed by atoms with Gasteiger partial charge in [-0.25, -0.2) is 4.79 Å². The molecule has 1 atom stereocenters. The first-order valence-electron chi connectivity index (χ1n) is 7.72. The van der Waals surface area contributed by atoms with Crippen LogP contribution in [-0.4, -0.2) is 41.8 Å². The van der Waals surface area contributed by atoms with Crippen LogP contribution in [0.4, 0.5) is 4.79 Å². The van der Waals surface area contributed by atoms with Crippen molar-refractivity contribution in [3.63, 3.8) is 0 Å². The molecule has 1 heterocycles. The van der Waals surface area contributed by atoms with E-state index < -0.39 is 23.2 Å². The molecular weight excluding hydrogens is 342 g/mol. The monoisotopic (exact) mass is 361 g/mol. The van der Waals surface area contributed by atoms with Gasteiger partial charge in [0.25, 0.3) is 11.1 Å². The first kappa shape index (κ1) is 18.8. The van der Waals surface area contributed by atoms with E-state index in [4.69, 9.17) is 9.47 Å². The lowest BCUT2D eigenvalue weighted by atomic mass is 10.2. The zero-order chi connectivity index (χ0) is 18.4. The smallest absolute Gasteiger partial charge is 0.329 e. The van der Waals surface area contributed by atoms with Crippen molar-refractivity contribution < 1.29 is 23.9 Å². The van der Waals surface area contributed by atoms with E-state index in [9.17, 15) is 14.4 Å². The van der Waals surface area contributed by atoms with Gasteiger partial charge in [0.2, 0.25) is 0 Å². The highest BCUT2D eigenvalue weighted by atomic mass is 32.2. The number of carbonyl (C=O) groups is 3. The number of hydrogen-bond donors (Lipinski definition) is 0. The van der Waals surface area contributed by atoms with Crippen molar-refractivity contribution in [1.29, 1.82) is 0 Å². The molecule has 1 aromatic carbocycles. The molecule has 1 saturated heterocycles. The number of ether oxygens (including phenoxy) is 2. The van der Waals surface area contributed by atoms with E-state index in [2.05, 4.69) is 0 Å². The first-order chi connectivity index (χ1) is 12.0. The Balaban J connectivity index is 2.08. The summed E-state index contributed by atoms with van der Waals surface area (Å²) in [5.41, 5.74) is 0.927. The first-order valence-corrected chi connectivity index (χ1v) is 8.54. The van der Waals surface area contributed by atoms with Crippen LogP contribution >= 0.6 is 11.8 Å². The van der Waals surface area contributed by atoms with Crippen LogP contribution in [0.1, 0.15) is 19.4 Å². The summed E-state index contributed by atoms with van der Waals surface area (Å²) < 4.78 is 9.95. The molecule has 0 aromatic heterocycles. The third-order valence-electron chi connectivity index (χ3n) is 3.49. The normalized spacial score (nSPS) is 17.4. The van der Waals surface area contributed by atoms with Crippen molar-refractivity contribution in [3.8, 4) is 5.75 Å². The van der Waals surface area contributed by atoms with Gasteiger partial charge in [0, 0.05) is 0 Å². The number of allylic oxidation sites excluding steroid dienone is 2. The zero-order valence-electron chi connectivity index (χ0n) is 14.2. The Bertz CT molecular complexity index is 723. The van der Waals surface area contributed by atoms with Gasteiger partial charge in [0.15, 0.2) is 0 Å². The van der Waals surface area contributed by atoms with Gasteiger partial charge < -0.3 is 9.47 Å². The van der Waals surface area contributed by atoms with E-state index in [1.165, 1.54) is 6.92 Å². The minimum atomic E-state index is -0.941. The number of nitrogens with zero attached hydrogens (tertiary/aromatic N) is 1. The summed E-state index contributed by atoms with van der Waals surface area (Å²) in [4.78, 5) is 37.3. The van der Waals surface area contributed by atoms with Crippen molar-refractivity contribution in [1.82, 2.24) is 4.90 Å². The van der Waals surface area contributed by atoms with Gasteiger partial charge in [-0.05, 0) is 49.4 Å². The second-order valence-corrected chi connectivity index (χ2v) is 6.13. The third kappa shape index (κ3) is 4.51. The van der Waals surface area contributed by atoms with E-state index >= 15 is 0 Å². The van der Waals surface area contributed by atoms with E-state index in [0.29, 0.717) is 0 Å². The molecule has 0 aliphatic carbocycles. The number of rotatable bonds is 6. The fourth-order valence-electron chi connectivity index (χ4n) is 2.16. The number of amides is 2. The molecular formula is C18H19NO5S. The van der Waals surface area contributed by atoms with Gasteiger partial charge in [-0.3, -0.25) is 14.5 Å². The summed E-state index contributed by atoms with van der Waals surface area (Å²) in [6, 6.07) is 6.46. The van der Waals surface area contributed by atoms with Crippen LogP contribution in [0.15, 0.2) is 41.3 Å². The molecule has 1 fully saturated rings. The average Bonchev–Trinajstić information content (AvgIpc) is 2.89. The van der Waals surface area contributed by atoms with Crippen LogP contribution < -0.4 is 4.74 Å². The predicted molar refractivity (Wildman–Crippen MR) is 96.0 cm³/mol. The highest BCUT2D eigenvalue weighted by molar-refractivity contribution is 8.18. The molecule has 1 aromatic rings. The molecule has 132 valence electrons. The van der Waals surface area contributed by atoms with Crippen molar-refractivity contribution >= 4 is 35.0 Å². The highest BCUT2D eigenvalue weighted by Gasteiger charge is 2.41. The van der Waals surface area contributed by atoms with Gasteiger partial charge in [0.05, 0.1) is 18.6 Å². The fourth-order valence-corrected chi connectivity index (χ4v) is 3.02. The lowest BCUT2D eigenvalue weighted by molar-refractivity contribution is -0.150. The second-order valence-electron chi connectivity index (χ2n) is 5.13. The maximum absolute atomic E-state index is 12.3. The largest absolute Gasteiger partial charge is 0.497 e. The molecule has 7 heteroatoms. The molecule has 0 saturated carbocycles. The maximum atomic E-state index is 12.3. The van der Waals surface area contributed by atoms with Gasteiger partial charge in [-0.2, -0.15) is 0 Å². The molecule has 2 rings (SSSR count). The number of esters is 1. The summed E-state index contributed by atoms with van der Waals surface area (Å²) in [5.74, 6) is -0.332. The summed E-state index contributed by atoms with van der Waals surface area (Å²) in [6.07, 6.45) is 5.06. The topological polar surface area (TPSA) is 72.9 Å². The van der Waals surface area contributed by atoms with E-state index in [0.717, 1.165) is 28.0 Å². The Morgan fingerprint density at radius 2 is 1.96 bits per heavy atom. The predicted octanol–water partition coefficient (Wildman–Crippen LogP) is 3.24. The highest BCUT2D eigenvalue weighted by Crippen LogP contribution is 2.32. The molecule has 1 aliphatic heterocycles. The molecule has 0 bridgehead atoms. The van der Waals surface area contributed by atoms with Crippen LogP contribution in [0.2, 0.25) is 0 Å². The van der Waals surface area contributed by atoms with E-state index in [1.54, 1.807) is 26.2 Å². The molecule has 2 amide bonds. The van der Waals surface area contributed by atoms with Crippen LogP contribution in [0.3, 0.4) is 0 Å². The molecule has 0 N–H and O–H groups in total. The Hall–Kier alpha value is -2.54. The third-order valence-corrected chi connectivity index (χ3v) is 4.39. The molecule has 25 heavy (non-hydrogen) atoms. The number of methoxy groups -OCH3 is 1. The molecule has 1 aliphatic rings. The van der Waals surface area contributed by atoms with E-state index in [-0.39, 0.29) is 11.5 Å². The molecule has 0 radical (unpaired) electrons. The van der Waals surface area contributed by atoms with Crippen LogP contribution in [0, 0.1) is 0 Å². The van der Waals surface area contributed by atoms with E-state index in [1.807, 2.05) is 30.3 Å². The van der Waals surface area contributed by atoms with Crippen LogP contribution in [-0.2, 0) is 14.3 Å². The Morgan fingerprint density at radius 3 is 2.56 bits per heavy atom. The van der Waals surface area contributed by atoms with Gasteiger partial charge in [-0.1, -0.05) is 24.3 Å². The standard InChI is InChI=1S/C18H19NO5S/c1-4-24-17(21)12(2)19-16(20)15(25-18(19)22)7-5-6-13-8-10-14(23-3)11-9-13/h5-12H,4H2,1-3H3/t12-/m1/s1. The zero-order valence-corrected chi connectivity index (χ0v) is 15.0. The number of imide groups is 1. The number of hydrogen-bond acceptors (Lipinski definition) is 6. The lowest BCUT2D eigenvalue weighted by Crippen LogP contribution is -2.42. The molecule has 0 unspecified atom stereocenters. The van der Waals surface area contributed by atoms with Gasteiger partial charge in [0.1, 0.15) is 11.8 Å². The summed E-state index contributed by atoms with van der Waals surface area (Å²) in [7, 11) is 1.60. The van der Waals surface area contributed by atoms with Crippen LogP contribution in [0.25, 0.3) is 6.08 Å². The maximum Gasteiger partial charge on any atom is 0.329 e.